The molecule has 2 aromatic carbocycles. The maximum absolute atomic E-state index is 5.42. The van der Waals surface area contributed by atoms with Crippen LogP contribution in [0.2, 0.25) is 0 Å². The Morgan fingerprint density at radius 1 is 0.944 bits per heavy atom. The van der Waals surface area contributed by atoms with Gasteiger partial charge in [0.25, 0.3) is 0 Å². The normalized spacial score (nSPS) is 13.1. The van der Waals surface area contributed by atoms with Crippen molar-refractivity contribution in [3.8, 4) is 22.6 Å². The number of nitrogens with one attached hydrogen (secondary N) is 1. The van der Waals surface area contributed by atoms with E-state index in [1.165, 1.54) is 10.9 Å². The average molecular weight is 237 g/mol. The molecule has 3 nitrogen and oxygen atoms in total. The van der Waals surface area contributed by atoms with Crippen molar-refractivity contribution in [1.29, 1.82) is 0 Å². The first kappa shape index (κ1) is 9.59. The fraction of sp³-hybridized carbons (Fsp3) is 0.0667. The smallest absolute Gasteiger partial charge is 0.231 e. The Hall–Kier alpha value is -2.42. The third-order valence-corrected chi connectivity index (χ3v) is 3.28. The number of aromatic amines is 1. The van der Waals surface area contributed by atoms with Crippen molar-refractivity contribution in [2.75, 3.05) is 6.79 Å². The number of ether oxygens (including phenoxy) is 2. The van der Waals surface area contributed by atoms with Gasteiger partial charge in [-0.05, 0) is 35.4 Å². The summed E-state index contributed by atoms with van der Waals surface area (Å²) in [5.41, 5.74) is 3.49. The van der Waals surface area contributed by atoms with E-state index in [1.807, 2.05) is 18.3 Å². The summed E-state index contributed by atoms with van der Waals surface area (Å²) in [6.45, 7) is 0.313. The molecule has 0 saturated heterocycles. The number of hydrogen-bond acceptors (Lipinski definition) is 2. The van der Waals surface area contributed by atoms with Crippen LogP contribution in [-0.4, -0.2) is 11.8 Å². The minimum absolute atomic E-state index is 0.313. The van der Waals surface area contributed by atoms with E-state index in [4.69, 9.17) is 9.47 Å². The minimum atomic E-state index is 0.313. The highest BCUT2D eigenvalue weighted by Gasteiger charge is 2.14. The van der Waals surface area contributed by atoms with Gasteiger partial charge in [0.05, 0.1) is 0 Å². The molecule has 0 atom stereocenters. The molecule has 1 N–H and O–H groups in total. The highest BCUT2D eigenvalue weighted by Crippen LogP contribution is 2.37. The zero-order valence-electron chi connectivity index (χ0n) is 9.64. The van der Waals surface area contributed by atoms with Crippen molar-refractivity contribution in [3.63, 3.8) is 0 Å². The highest BCUT2D eigenvalue weighted by molar-refractivity contribution is 5.95. The molecule has 0 saturated carbocycles. The molecule has 0 unspecified atom stereocenters. The van der Waals surface area contributed by atoms with Gasteiger partial charge in [0.2, 0.25) is 6.79 Å². The highest BCUT2D eigenvalue weighted by atomic mass is 16.7. The molecule has 3 aromatic rings. The summed E-state index contributed by atoms with van der Waals surface area (Å²) in [6, 6.07) is 14.4. The molecule has 0 radical (unpaired) electrons. The van der Waals surface area contributed by atoms with Gasteiger partial charge >= 0.3 is 0 Å². The Balaban J connectivity index is 1.94. The number of H-pyrrole nitrogens is 1. The summed E-state index contributed by atoms with van der Waals surface area (Å²) in [7, 11) is 0. The number of fused-ring (bicyclic) bond motifs is 2. The Bertz CT molecular complexity index is 730. The second-order valence-corrected chi connectivity index (χ2v) is 4.31. The summed E-state index contributed by atoms with van der Waals surface area (Å²) in [4.78, 5) is 3.23. The molecule has 0 fully saturated rings. The lowest BCUT2D eigenvalue weighted by molar-refractivity contribution is 0.174. The van der Waals surface area contributed by atoms with E-state index in [0.717, 1.165) is 22.6 Å². The summed E-state index contributed by atoms with van der Waals surface area (Å²) in [5, 5.41) is 1.22. The first-order chi connectivity index (χ1) is 8.92. The molecule has 3 heteroatoms. The fourth-order valence-corrected chi connectivity index (χ4v) is 2.40. The summed E-state index contributed by atoms with van der Waals surface area (Å²) in [6.07, 6.45) is 1.96. The second-order valence-electron chi connectivity index (χ2n) is 4.31. The SMILES string of the molecule is c1cc(-c2ccc3c(c2)OCO3)c2cc[nH]c2c1. The van der Waals surface area contributed by atoms with Crippen LogP contribution < -0.4 is 9.47 Å². The third-order valence-electron chi connectivity index (χ3n) is 3.28. The van der Waals surface area contributed by atoms with Gasteiger partial charge in [-0.25, -0.2) is 0 Å². The van der Waals surface area contributed by atoms with Crippen molar-refractivity contribution in [2.24, 2.45) is 0 Å². The summed E-state index contributed by atoms with van der Waals surface area (Å²) >= 11 is 0. The average Bonchev–Trinajstić information content (AvgIpc) is 3.05. The zero-order valence-corrected chi connectivity index (χ0v) is 9.64. The lowest BCUT2D eigenvalue weighted by Gasteiger charge is -2.05. The molecule has 88 valence electrons. The fourth-order valence-electron chi connectivity index (χ4n) is 2.40. The molecule has 0 amide bonds. The predicted octanol–water partition coefficient (Wildman–Crippen LogP) is 3.56. The molecule has 1 aromatic heterocycles. The van der Waals surface area contributed by atoms with Crippen LogP contribution in [0.4, 0.5) is 0 Å². The van der Waals surface area contributed by atoms with Gasteiger partial charge in [0.1, 0.15) is 0 Å². The molecule has 18 heavy (non-hydrogen) atoms. The molecule has 0 aliphatic carbocycles. The maximum Gasteiger partial charge on any atom is 0.231 e. The van der Waals surface area contributed by atoms with Crippen molar-refractivity contribution >= 4 is 10.9 Å². The standard InChI is InChI=1S/C15H11NO2/c1-2-11(12-6-7-16-13(12)3-1)10-4-5-14-15(8-10)18-9-17-14/h1-8,16H,9H2. The van der Waals surface area contributed by atoms with Crippen molar-refractivity contribution < 1.29 is 9.47 Å². The summed E-state index contributed by atoms with van der Waals surface area (Å²) in [5.74, 6) is 1.64. The third kappa shape index (κ3) is 1.31. The number of aromatic nitrogens is 1. The van der Waals surface area contributed by atoms with Crippen LogP contribution in [0.1, 0.15) is 0 Å². The minimum Gasteiger partial charge on any atom is -0.454 e. The lowest BCUT2D eigenvalue weighted by atomic mass is 10.0. The molecular formula is C15H11NO2. The first-order valence-corrected chi connectivity index (χ1v) is 5.88. The quantitative estimate of drug-likeness (QED) is 0.702. The van der Waals surface area contributed by atoms with Gasteiger partial charge in [0.15, 0.2) is 11.5 Å². The van der Waals surface area contributed by atoms with Crippen LogP contribution >= 0.6 is 0 Å². The van der Waals surface area contributed by atoms with Crippen LogP contribution in [-0.2, 0) is 0 Å². The van der Waals surface area contributed by atoms with E-state index in [0.29, 0.717) is 6.79 Å². The van der Waals surface area contributed by atoms with Crippen LogP contribution in [0.5, 0.6) is 11.5 Å². The van der Waals surface area contributed by atoms with Gasteiger partial charge < -0.3 is 14.5 Å². The van der Waals surface area contributed by atoms with E-state index in [-0.39, 0.29) is 0 Å². The van der Waals surface area contributed by atoms with Crippen molar-refractivity contribution in [3.05, 3.63) is 48.7 Å². The molecule has 1 aliphatic heterocycles. The summed E-state index contributed by atoms with van der Waals surface area (Å²) < 4.78 is 10.8. The predicted molar refractivity (Wildman–Crippen MR) is 69.9 cm³/mol. The second kappa shape index (κ2) is 3.53. The number of rotatable bonds is 1. The van der Waals surface area contributed by atoms with E-state index in [9.17, 15) is 0 Å². The molecule has 4 rings (SSSR count). The van der Waals surface area contributed by atoms with Gasteiger partial charge in [-0.2, -0.15) is 0 Å². The molecule has 2 heterocycles. The molecule has 1 aliphatic rings. The first-order valence-electron chi connectivity index (χ1n) is 5.88. The largest absolute Gasteiger partial charge is 0.454 e. The van der Waals surface area contributed by atoms with Crippen LogP contribution in [0, 0.1) is 0 Å². The molecular weight excluding hydrogens is 226 g/mol. The number of benzene rings is 2. The van der Waals surface area contributed by atoms with E-state index in [1.54, 1.807) is 0 Å². The van der Waals surface area contributed by atoms with Gasteiger partial charge in [-0.1, -0.05) is 18.2 Å². The van der Waals surface area contributed by atoms with Crippen LogP contribution in [0.3, 0.4) is 0 Å². The van der Waals surface area contributed by atoms with Crippen molar-refractivity contribution in [2.45, 2.75) is 0 Å². The van der Waals surface area contributed by atoms with Crippen molar-refractivity contribution in [1.82, 2.24) is 4.98 Å². The van der Waals surface area contributed by atoms with Crippen LogP contribution in [0.15, 0.2) is 48.7 Å². The monoisotopic (exact) mass is 237 g/mol. The molecule has 0 bridgehead atoms. The van der Waals surface area contributed by atoms with E-state index < -0.39 is 0 Å². The van der Waals surface area contributed by atoms with E-state index in [2.05, 4.69) is 35.3 Å². The van der Waals surface area contributed by atoms with Gasteiger partial charge in [-0.15, -0.1) is 0 Å². The lowest BCUT2D eigenvalue weighted by Crippen LogP contribution is -1.92. The Labute approximate surface area is 104 Å². The Morgan fingerprint density at radius 2 is 1.89 bits per heavy atom. The van der Waals surface area contributed by atoms with Crippen LogP contribution in [0.25, 0.3) is 22.0 Å². The Morgan fingerprint density at radius 3 is 2.89 bits per heavy atom. The van der Waals surface area contributed by atoms with Gasteiger partial charge in [-0.3, -0.25) is 0 Å². The zero-order chi connectivity index (χ0) is 11.9. The number of hydrogen-bond donors (Lipinski definition) is 1. The topological polar surface area (TPSA) is 34.2 Å². The van der Waals surface area contributed by atoms with E-state index >= 15 is 0 Å². The maximum atomic E-state index is 5.42. The van der Waals surface area contributed by atoms with Gasteiger partial charge in [0, 0.05) is 17.1 Å². The Kier molecular flexibility index (Phi) is 1.88. The molecule has 0 spiro atoms.